The highest BCUT2D eigenvalue weighted by Crippen LogP contribution is 2.25. The molecule has 2 aromatic carbocycles. The minimum absolute atomic E-state index is 0.0876. The van der Waals surface area contributed by atoms with Gasteiger partial charge >= 0.3 is 0 Å². The van der Waals surface area contributed by atoms with Crippen LogP contribution in [0.15, 0.2) is 24.3 Å². The molecule has 0 aliphatic carbocycles. The smallest absolute Gasteiger partial charge is 0.191 e. The van der Waals surface area contributed by atoms with E-state index < -0.39 is 11.6 Å². The summed E-state index contributed by atoms with van der Waals surface area (Å²) in [5.74, 6) is -1.80. The molecule has 21 heavy (non-hydrogen) atoms. The van der Waals surface area contributed by atoms with Crippen LogP contribution in [0.4, 0.5) is 8.78 Å². The average Bonchev–Trinajstić information content (AvgIpc) is 2.39. The van der Waals surface area contributed by atoms with Crippen LogP contribution in [0.5, 0.6) is 5.75 Å². The molecule has 0 unspecified atom stereocenters. The van der Waals surface area contributed by atoms with Gasteiger partial charge in [-0.3, -0.25) is 0 Å². The Balaban J connectivity index is 2.25. The van der Waals surface area contributed by atoms with E-state index in [0.717, 1.165) is 22.3 Å². The zero-order chi connectivity index (χ0) is 15.6. The van der Waals surface area contributed by atoms with Gasteiger partial charge in [0.25, 0.3) is 0 Å². The summed E-state index contributed by atoms with van der Waals surface area (Å²) in [5, 5.41) is 0. The zero-order valence-corrected chi connectivity index (χ0v) is 12.5. The van der Waals surface area contributed by atoms with Gasteiger partial charge in [-0.15, -0.1) is 0 Å². The van der Waals surface area contributed by atoms with Crippen molar-refractivity contribution < 1.29 is 13.5 Å². The van der Waals surface area contributed by atoms with Crippen LogP contribution in [0.1, 0.15) is 27.8 Å². The van der Waals surface area contributed by atoms with E-state index in [1.807, 2.05) is 32.9 Å². The minimum Gasteiger partial charge on any atom is -0.483 e. The lowest BCUT2D eigenvalue weighted by molar-refractivity contribution is 0.272. The summed E-state index contributed by atoms with van der Waals surface area (Å²) in [6.07, 6.45) is 0. The number of rotatable bonds is 4. The van der Waals surface area contributed by atoms with Gasteiger partial charge in [-0.25, -0.2) is 8.78 Å². The van der Waals surface area contributed by atoms with E-state index in [0.29, 0.717) is 5.56 Å². The van der Waals surface area contributed by atoms with Crippen LogP contribution in [0.3, 0.4) is 0 Å². The Morgan fingerprint density at radius 2 is 1.48 bits per heavy atom. The Labute approximate surface area is 123 Å². The van der Waals surface area contributed by atoms with Crippen LogP contribution in [0.25, 0.3) is 0 Å². The van der Waals surface area contributed by atoms with Crippen LogP contribution in [0, 0.1) is 32.4 Å². The summed E-state index contributed by atoms with van der Waals surface area (Å²) < 4.78 is 33.1. The summed E-state index contributed by atoms with van der Waals surface area (Å²) in [6.45, 7) is 6.15. The molecule has 0 radical (unpaired) electrons. The highest BCUT2D eigenvalue weighted by Gasteiger charge is 2.14. The van der Waals surface area contributed by atoms with Crippen LogP contribution >= 0.6 is 0 Å². The van der Waals surface area contributed by atoms with Gasteiger partial charge in [0.1, 0.15) is 6.61 Å². The Kier molecular flexibility index (Phi) is 4.58. The van der Waals surface area contributed by atoms with Crippen LogP contribution in [-0.2, 0) is 13.2 Å². The van der Waals surface area contributed by atoms with Crippen molar-refractivity contribution in [1.82, 2.24) is 0 Å². The molecule has 0 atom stereocenters. The lowest BCUT2D eigenvalue weighted by Crippen LogP contribution is -2.05. The standard InChI is InChI=1S/C17H19F2NO/c1-10-4-11(2)14(12(3)5-10)9-21-17-15(18)6-13(8-20)7-16(17)19/h4-7H,8-9,20H2,1-3H3. The van der Waals surface area contributed by atoms with E-state index in [9.17, 15) is 8.78 Å². The summed E-state index contributed by atoms with van der Waals surface area (Å²) in [6, 6.07) is 6.45. The van der Waals surface area contributed by atoms with Crippen molar-refractivity contribution in [2.45, 2.75) is 33.9 Å². The lowest BCUT2D eigenvalue weighted by Gasteiger charge is -2.14. The molecule has 2 N–H and O–H groups in total. The molecule has 0 bridgehead atoms. The van der Waals surface area contributed by atoms with Gasteiger partial charge in [-0.1, -0.05) is 17.7 Å². The number of nitrogens with two attached hydrogens (primary N) is 1. The first kappa shape index (κ1) is 15.4. The predicted octanol–water partition coefficient (Wildman–Crippen LogP) is 3.93. The fourth-order valence-corrected chi connectivity index (χ4v) is 2.45. The third-order valence-corrected chi connectivity index (χ3v) is 3.49. The first-order chi connectivity index (χ1) is 9.92. The van der Waals surface area contributed by atoms with Crippen molar-refractivity contribution >= 4 is 0 Å². The van der Waals surface area contributed by atoms with Gasteiger partial charge in [0.15, 0.2) is 17.4 Å². The molecule has 2 aromatic rings. The number of benzene rings is 2. The molecule has 0 aliphatic heterocycles. The molecule has 0 amide bonds. The highest BCUT2D eigenvalue weighted by molar-refractivity contribution is 5.38. The summed E-state index contributed by atoms with van der Waals surface area (Å²) in [4.78, 5) is 0. The topological polar surface area (TPSA) is 35.2 Å². The van der Waals surface area contributed by atoms with Crippen LogP contribution < -0.4 is 10.5 Å². The second-order valence-corrected chi connectivity index (χ2v) is 5.26. The second-order valence-electron chi connectivity index (χ2n) is 5.26. The van der Waals surface area contributed by atoms with Crippen molar-refractivity contribution in [3.05, 3.63) is 63.7 Å². The van der Waals surface area contributed by atoms with E-state index in [1.54, 1.807) is 0 Å². The summed E-state index contributed by atoms with van der Waals surface area (Å²) in [7, 11) is 0. The van der Waals surface area contributed by atoms with Gasteiger partial charge < -0.3 is 10.5 Å². The maximum Gasteiger partial charge on any atom is 0.191 e. The van der Waals surface area contributed by atoms with E-state index in [1.165, 1.54) is 12.1 Å². The first-order valence-electron chi connectivity index (χ1n) is 6.80. The molecular formula is C17H19F2NO. The van der Waals surface area contributed by atoms with Crippen LogP contribution in [0.2, 0.25) is 0 Å². The van der Waals surface area contributed by atoms with Crippen molar-refractivity contribution in [3.63, 3.8) is 0 Å². The van der Waals surface area contributed by atoms with E-state index in [4.69, 9.17) is 10.5 Å². The lowest BCUT2D eigenvalue weighted by atomic mass is 10.0. The molecule has 0 aromatic heterocycles. The molecule has 2 nitrogen and oxygen atoms in total. The molecule has 112 valence electrons. The molecule has 0 fully saturated rings. The van der Waals surface area contributed by atoms with Gasteiger partial charge in [-0.05, 0) is 55.2 Å². The van der Waals surface area contributed by atoms with Crippen molar-refractivity contribution in [2.24, 2.45) is 5.73 Å². The highest BCUT2D eigenvalue weighted by atomic mass is 19.1. The molecule has 4 heteroatoms. The molecule has 0 spiro atoms. The quantitative estimate of drug-likeness (QED) is 0.926. The number of halogens is 2. The maximum absolute atomic E-state index is 13.8. The Bertz CT molecular complexity index is 622. The van der Waals surface area contributed by atoms with E-state index >= 15 is 0 Å². The molecule has 0 saturated heterocycles. The average molecular weight is 291 g/mol. The Hall–Kier alpha value is -1.94. The third kappa shape index (κ3) is 3.39. The SMILES string of the molecule is Cc1cc(C)c(COc2c(F)cc(CN)cc2F)c(C)c1. The molecule has 2 rings (SSSR count). The monoisotopic (exact) mass is 291 g/mol. The third-order valence-electron chi connectivity index (χ3n) is 3.49. The zero-order valence-electron chi connectivity index (χ0n) is 12.5. The van der Waals surface area contributed by atoms with Gasteiger partial charge in [0.2, 0.25) is 0 Å². The number of ether oxygens (including phenoxy) is 1. The predicted molar refractivity (Wildman–Crippen MR) is 79.2 cm³/mol. The van der Waals surface area contributed by atoms with Crippen molar-refractivity contribution in [2.75, 3.05) is 0 Å². The minimum atomic E-state index is -0.724. The number of hydrogen-bond acceptors (Lipinski definition) is 2. The van der Waals surface area contributed by atoms with Gasteiger partial charge in [-0.2, -0.15) is 0 Å². The molecule has 0 aliphatic rings. The van der Waals surface area contributed by atoms with Gasteiger partial charge in [0, 0.05) is 6.54 Å². The fourth-order valence-electron chi connectivity index (χ4n) is 2.45. The maximum atomic E-state index is 13.8. The molecule has 0 heterocycles. The fraction of sp³-hybridized carbons (Fsp3) is 0.294. The summed E-state index contributed by atoms with van der Waals surface area (Å²) >= 11 is 0. The van der Waals surface area contributed by atoms with Crippen LogP contribution in [-0.4, -0.2) is 0 Å². The number of aryl methyl sites for hydroxylation is 3. The normalized spacial score (nSPS) is 10.8. The van der Waals surface area contributed by atoms with E-state index in [-0.39, 0.29) is 18.9 Å². The van der Waals surface area contributed by atoms with Gasteiger partial charge in [0.05, 0.1) is 0 Å². The Morgan fingerprint density at radius 3 is 1.95 bits per heavy atom. The molecular weight excluding hydrogens is 272 g/mol. The van der Waals surface area contributed by atoms with E-state index in [2.05, 4.69) is 0 Å². The summed E-state index contributed by atoms with van der Waals surface area (Å²) in [5.41, 5.74) is 9.98. The first-order valence-corrected chi connectivity index (χ1v) is 6.80. The van der Waals surface area contributed by atoms with Crippen molar-refractivity contribution in [3.8, 4) is 5.75 Å². The van der Waals surface area contributed by atoms with Crippen molar-refractivity contribution in [1.29, 1.82) is 0 Å². The number of hydrogen-bond donors (Lipinski definition) is 1. The second kappa shape index (κ2) is 6.22. The largest absolute Gasteiger partial charge is 0.483 e. The molecule has 0 saturated carbocycles. The Morgan fingerprint density at radius 1 is 0.952 bits per heavy atom.